The molecular formula is C45H49N7O4S. The number of hydrogen-bond acceptors (Lipinski definition) is 8. The van der Waals surface area contributed by atoms with Gasteiger partial charge in [-0.15, -0.1) is 11.8 Å². The number of imide groups is 1. The Kier molecular flexibility index (Phi) is 9.74. The Hall–Kier alpha value is -4.96. The third-order valence-electron chi connectivity index (χ3n) is 13.2. The Bertz CT molecular complexity index is 2360. The molecule has 4 aromatic rings. The van der Waals surface area contributed by atoms with Crippen molar-refractivity contribution < 1.29 is 19.2 Å². The van der Waals surface area contributed by atoms with E-state index < -0.39 is 11.5 Å². The van der Waals surface area contributed by atoms with E-state index in [-0.39, 0.29) is 29.9 Å². The van der Waals surface area contributed by atoms with Gasteiger partial charge in [0.2, 0.25) is 11.8 Å². The number of hydrogen-bond donors (Lipinski definition) is 2. The molecule has 1 aromatic heterocycles. The first kappa shape index (κ1) is 37.6. The van der Waals surface area contributed by atoms with Crippen molar-refractivity contribution in [3.63, 3.8) is 0 Å². The molecule has 5 heterocycles. The summed E-state index contributed by atoms with van der Waals surface area (Å²) < 4.78 is 0. The lowest BCUT2D eigenvalue weighted by Gasteiger charge is -2.44. The van der Waals surface area contributed by atoms with Gasteiger partial charge in [0.25, 0.3) is 5.91 Å². The topological polar surface area (TPSA) is 113 Å². The Labute approximate surface area is 337 Å². The van der Waals surface area contributed by atoms with Crippen LogP contribution in [0, 0.1) is 6.57 Å². The summed E-state index contributed by atoms with van der Waals surface area (Å²) in [7, 11) is 0. The van der Waals surface area contributed by atoms with Crippen molar-refractivity contribution in [1.29, 1.82) is 0 Å². The summed E-state index contributed by atoms with van der Waals surface area (Å²) >= 11 is 1.78. The average molecular weight is 784 g/mol. The van der Waals surface area contributed by atoms with Gasteiger partial charge >= 0.3 is 0 Å². The van der Waals surface area contributed by atoms with Gasteiger partial charge in [0.05, 0.1) is 12.1 Å². The molecule has 2 N–H and O–H groups in total. The van der Waals surface area contributed by atoms with E-state index in [2.05, 4.69) is 68.8 Å². The van der Waals surface area contributed by atoms with Crippen molar-refractivity contribution in [3.05, 3.63) is 99.0 Å². The molecule has 294 valence electrons. The zero-order valence-electron chi connectivity index (χ0n) is 33.0. The van der Waals surface area contributed by atoms with Gasteiger partial charge in [-0.05, 0) is 72.7 Å². The van der Waals surface area contributed by atoms with Crippen LogP contribution in [0.1, 0.15) is 95.1 Å². The molecule has 0 radical (unpaired) electrons. The molecule has 0 spiro atoms. The zero-order valence-corrected chi connectivity index (χ0v) is 33.8. The summed E-state index contributed by atoms with van der Waals surface area (Å²) in [5.41, 5.74) is 8.69. The maximum absolute atomic E-state index is 14.1. The molecule has 3 fully saturated rings. The molecule has 12 heteroatoms. The Morgan fingerprint density at radius 2 is 1.72 bits per heavy atom. The Morgan fingerprint density at radius 1 is 0.930 bits per heavy atom. The number of nitrogens with zero attached hydrogens (tertiary/aromatic N) is 5. The van der Waals surface area contributed by atoms with Gasteiger partial charge in [-0.2, -0.15) is 0 Å². The van der Waals surface area contributed by atoms with Gasteiger partial charge in [-0.25, -0.2) is 4.85 Å². The fourth-order valence-electron chi connectivity index (χ4n) is 9.95. The van der Waals surface area contributed by atoms with E-state index in [0.29, 0.717) is 30.3 Å². The minimum Gasteiger partial charge on any atom is -0.371 e. The third-order valence-corrected chi connectivity index (χ3v) is 14.3. The summed E-state index contributed by atoms with van der Waals surface area (Å²) in [6.07, 6.45) is 3.71. The molecule has 57 heavy (non-hydrogen) atoms. The highest BCUT2D eigenvalue weighted by molar-refractivity contribution is 7.99. The zero-order chi connectivity index (χ0) is 39.6. The predicted molar refractivity (Wildman–Crippen MR) is 222 cm³/mol. The second kappa shape index (κ2) is 14.8. The number of aromatic amines is 1. The predicted octanol–water partition coefficient (Wildman–Crippen LogP) is 6.29. The second-order valence-electron chi connectivity index (χ2n) is 16.7. The number of amides is 3. The van der Waals surface area contributed by atoms with Crippen LogP contribution in [-0.4, -0.2) is 107 Å². The molecule has 1 unspecified atom stereocenters. The van der Waals surface area contributed by atoms with Crippen LogP contribution in [0.15, 0.2) is 53.4 Å². The van der Waals surface area contributed by atoms with Crippen molar-refractivity contribution in [2.45, 2.75) is 81.8 Å². The van der Waals surface area contributed by atoms with E-state index in [1.165, 1.54) is 11.3 Å². The van der Waals surface area contributed by atoms with E-state index in [4.69, 9.17) is 6.57 Å². The number of anilines is 1. The highest BCUT2D eigenvalue weighted by Crippen LogP contribution is 2.46. The molecule has 9 rings (SSSR count). The van der Waals surface area contributed by atoms with Crippen molar-refractivity contribution >= 4 is 57.5 Å². The van der Waals surface area contributed by atoms with Gasteiger partial charge in [-0.3, -0.25) is 34.3 Å². The van der Waals surface area contributed by atoms with Crippen LogP contribution < -0.4 is 10.2 Å². The van der Waals surface area contributed by atoms with E-state index >= 15 is 0 Å². The molecule has 3 aromatic carbocycles. The van der Waals surface area contributed by atoms with E-state index in [0.717, 1.165) is 115 Å². The number of aromatic nitrogens is 1. The molecule has 3 amide bonds. The average Bonchev–Trinajstić information content (AvgIpc) is 3.78. The molecule has 11 nitrogen and oxygen atoms in total. The second-order valence-corrected chi connectivity index (χ2v) is 17.8. The minimum absolute atomic E-state index is 0.0669. The minimum atomic E-state index is -0.598. The van der Waals surface area contributed by atoms with E-state index in [1.807, 2.05) is 24.3 Å². The number of nitrogens with one attached hydrogen (secondary N) is 2. The first-order valence-electron chi connectivity index (χ1n) is 20.4. The van der Waals surface area contributed by atoms with Crippen LogP contribution in [-0.2, 0) is 28.0 Å². The molecule has 1 aliphatic carbocycles. The van der Waals surface area contributed by atoms with Gasteiger partial charge in [0, 0.05) is 114 Å². The van der Waals surface area contributed by atoms with Crippen molar-refractivity contribution in [2.75, 3.05) is 56.5 Å². The summed E-state index contributed by atoms with van der Waals surface area (Å²) in [4.78, 5) is 69.3. The molecule has 1 atom stereocenters. The van der Waals surface area contributed by atoms with Crippen LogP contribution in [0.2, 0.25) is 0 Å². The van der Waals surface area contributed by atoms with Gasteiger partial charge in [0.15, 0.2) is 11.5 Å². The first-order chi connectivity index (χ1) is 27.5. The molecule has 0 bridgehead atoms. The summed E-state index contributed by atoms with van der Waals surface area (Å²) in [6.45, 7) is 21.6. The van der Waals surface area contributed by atoms with E-state index in [9.17, 15) is 19.2 Å². The third kappa shape index (κ3) is 6.54. The van der Waals surface area contributed by atoms with Crippen LogP contribution in [0.4, 0.5) is 11.4 Å². The highest BCUT2D eigenvalue weighted by Gasteiger charge is 2.42. The number of rotatable bonds is 8. The van der Waals surface area contributed by atoms with Crippen LogP contribution in [0.3, 0.4) is 0 Å². The molecule has 5 aliphatic rings. The van der Waals surface area contributed by atoms with Crippen molar-refractivity contribution in [2.24, 2.45) is 0 Å². The molecule has 0 saturated carbocycles. The number of thioether (sulfide) groups is 1. The molecule has 4 aliphatic heterocycles. The lowest BCUT2D eigenvalue weighted by atomic mass is 9.70. The number of carbonyl (C=O) groups is 4. The maximum Gasteiger partial charge on any atom is 0.255 e. The number of fused-ring (bicyclic) bond motifs is 5. The standard InChI is InChI=1S/C45H49N7O4S/c1-5-27-23-32-34(45(2,3)42-40(41(32)54)31-10-9-28(46-4)24-35(31)47-42)25-37(27)51-15-13-29(14-16-51)50-19-17-49(18-20-50)21-22-57-38-8-6-7-30-33(38)26-52(44(30)56)36-11-12-39(53)48-43(36)55/h6-10,23-25,29,36,47H,5,11-22,26H2,1-3H3,(H,48,53,55). The monoisotopic (exact) mass is 783 g/mol. The van der Waals surface area contributed by atoms with E-state index in [1.54, 1.807) is 22.7 Å². The number of H-pyrrole nitrogens is 1. The van der Waals surface area contributed by atoms with Crippen LogP contribution in [0.25, 0.3) is 15.7 Å². The van der Waals surface area contributed by atoms with Gasteiger partial charge in [-0.1, -0.05) is 39.0 Å². The van der Waals surface area contributed by atoms with Crippen molar-refractivity contribution in [3.8, 4) is 0 Å². The fraction of sp³-hybridized carbons (Fsp3) is 0.444. The number of piperidine rings is 2. The maximum atomic E-state index is 14.1. The SMILES string of the molecule is [C-]#[N+]c1ccc2c3c([nH]c2c1)C(C)(C)c1cc(N2CCC(N4CCN(CCSc5cccc6c5CN(C5CCC(=O)NC5=O)C6=O)CC4)CC2)c(CC)cc1C3=O. The molecule has 3 saturated heterocycles. The first-order valence-corrected chi connectivity index (χ1v) is 21.4. The highest BCUT2D eigenvalue weighted by atomic mass is 32.2. The smallest absolute Gasteiger partial charge is 0.255 e. The fourth-order valence-corrected chi connectivity index (χ4v) is 11.0. The summed E-state index contributed by atoms with van der Waals surface area (Å²) in [5.74, 6) is 0.218. The number of ketones is 1. The molecular weight excluding hydrogens is 735 g/mol. The lowest BCUT2D eigenvalue weighted by molar-refractivity contribution is -0.136. The largest absolute Gasteiger partial charge is 0.371 e. The normalized spacial score (nSPS) is 21.4. The number of benzene rings is 3. The van der Waals surface area contributed by atoms with Crippen LogP contribution in [0.5, 0.6) is 0 Å². The number of piperazine rings is 1. The summed E-state index contributed by atoms with van der Waals surface area (Å²) in [5, 5.41) is 3.28. The Balaban J connectivity index is 0.796. The van der Waals surface area contributed by atoms with Crippen molar-refractivity contribution in [1.82, 2.24) is 25.0 Å². The van der Waals surface area contributed by atoms with Crippen LogP contribution >= 0.6 is 11.8 Å². The number of aryl methyl sites for hydroxylation is 1. The number of carbonyl (C=O) groups excluding carboxylic acids is 4. The Morgan fingerprint density at radius 3 is 2.46 bits per heavy atom. The quantitative estimate of drug-likeness (QED) is 0.122. The lowest BCUT2D eigenvalue weighted by Crippen LogP contribution is -2.53. The van der Waals surface area contributed by atoms with Gasteiger partial charge < -0.3 is 14.8 Å². The summed E-state index contributed by atoms with van der Waals surface area (Å²) in [6, 6.07) is 15.9. The van der Waals surface area contributed by atoms with Gasteiger partial charge in [0.1, 0.15) is 6.04 Å².